The van der Waals surface area contributed by atoms with Crippen LogP contribution in [-0.4, -0.2) is 44.8 Å². The fourth-order valence-electron chi connectivity index (χ4n) is 3.03. The number of sulfonamides is 1. The van der Waals surface area contributed by atoms with Crippen molar-refractivity contribution in [1.82, 2.24) is 4.31 Å². The monoisotopic (exact) mass is 413 g/mol. The van der Waals surface area contributed by atoms with Gasteiger partial charge in [0.25, 0.3) is 0 Å². The number of rotatable bonds is 4. The van der Waals surface area contributed by atoms with Crippen molar-refractivity contribution in [2.75, 3.05) is 31.5 Å². The molecule has 1 aliphatic heterocycles. The van der Waals surface area contributed by atoms with Crippen LogP contribution in [0.15, 0.2) is 53.4 Å². The quantitative estimate of drug-likeness (QED) is 0.609. The lowest BCUT2D eigenvalue weighted by molar-refractivity contribution is -0.837. The summed E-state index contributed by atoms with van der Waals surface area (Å²) in [7, 11) is -3.57. The van der Waals surface area contributed by atoms with Crippen LogP contribution in [-0.2, 0) is 14.8 Å². The third-order valence-corrected chi connectivity index (χ3v) is 6.30. The van der Waals surface area contributed by atoms with Crippen LogP contribution in [0.1, 0.15) is 6.92 Å². The number of hydrogen-bond acceptors (Lipinski definition) is 3. The van der Waals surface area contributed by atoms with Crippen molar-refractivity contribution in [1.29, 1.82) is 0 Å². The third kappa shape index (κ3) is 5.04. The molecule has 0 aromatic heterocycles. The number of anilines is 1. The van der Waals surface area contributed by atoms with E-state index in [1.165, 1.54) is 35.5 Å². The van der Waals surface area contributed by atoms with E-state index in [1.54, 1.807) is 24.3 Å². The number of nitrogens with one attached hydrogen (secondary N) is 2. The van der Waals surface area contributed by atoms with E-state index in [1.807, 2.05) is 0 Å². The topological polar surface area (TPSA) is 70.9 Å². The van der Waals surface area contributed by atoms with Gasteiger partial charge in [-0.15, -0.1) is 0 Å². The van der Waals surface area contributed by atoms with Crippen molar-refractivity contribution in [2.24, 2.45) is 0 Å². The van der Waals surface area contributed by atoms with Crippen molar-refractivity contribution >= 4 is 27.3 Å². The molecule has 2 aromatic carbocycles. The van der Waals surface area contributed by atoms with Gasteiger partial charge in [0.1, 0.15) is 11.5 Å². The molecule has 0 aliphatic carbocycles. The summed E-state index contributed by atoms with van der Waals surface area (Å²) in [5.41, 5.74) is 1.52. The standard InChI is InChI=1S/C18H20FN3O3S.ClH/c1-14(23)20-16-4-8-18(9-5-16)26(24,25)22-12-10-21(11-13-22)17-6-2-15(19)3-7-17;/h2-9H,10-13H2,1H3,(H,20,23);1H. The van der Waals surface area contributed by atoms with Crippen LogP contribution in [0.2, 0.25) is 0 Å². The van der Waals surface area contributed by atoms with E-state index in [4.69, 9.17) is 0 Å². The van der Waals surface area contributed by atoms with Gasteiger partial charge in [-0.3, -0.25) is 4.79 Å². The zero-order valence-corrected chi connectivity index (χ0v) is 16.4. The Morgan fingerprint density at radius 1 is 1.04 bits per heavy atom. The van der Waals surface area contributed by atoms with Gasteiger partial charge in [-0.05, 0) is 36.4 Å². The van der Waals surface area contributed by atoms with Crippen LogP contribution < -0.4 is 22.6 Å². The van der Waals surface area contributed by atoms with Gasteiger partial charge < -0.3 is 22.6 Å². The van der Waals surface area contributed by atoms with Crippen molar-refractivity contribution in [3.05, 3.63) is 54.3 Å². The van der Waals surface area contributed by atoms with Crippen LogP contribution >= 0.6 is 0 Å². The molecule has 1 amide bonds. The zero-order chi connectivity index (χ0) is 18.7. The summed E-state index contributed by atoms with van der Waals surface area (Å²) in [6.45, 7) is 3.42. The second kappa shape index (κ2) is 8.79. The van der Waals surface area contributed by atoms with Crippen molar-refractivity contribution < 1.29 is 34.9 Å². The molecule has 1 saturated heterocycles. The minimum Gasteiger partial charge on any atom is -1.00 e. The molecule has 0 bridgehead atoms. The molecule has 0 atom stereocenters. The van der Waals surface area contributed by atoms with Crippen LogP contribution in [0.25, 0.3) is 0 Å². The van der Waals surface area contributed by atoms with Gasteiger partial charge in [0.05, 0.1) is 31.1 Å². The molecule has 146 valence electrons. The van der Waals surface area contributed by atoms with E-state index in [2.05, 4.69) is 5.32 Å². The highest BCUT2D eigenvalue weighted by molar-refractivity contribution is 7.89. The van der Waals surface area contributed by atoms with E-state index < -0.39 is 10.0 Å². The molecular weight excluding hydrogens is 393 g/mol. The lowest BCUT2D eigenvalue weighted by atomic mass is 10.2. The van der Waals surface area contributed by atoms with Gasteiger partial charge in [-0.25, -0.2) is 12.8 Å². The lowest BCUT2D eigenvalue weighted by Gasteiger charge is -2.31. The predicted octanol–water partition coefficient (Wildman–Crippen LogP) is -1.99. The van der Waals surface area contributed by atoms with Gasteiger partial charge in [0.2, 0.25) is 15.9 Å². The Labute approximate surface area is 164 Å². The van der Waals surface area contributed by atoms with Gasteiger partial charge in [-0.1, -0.05) is 0 Å². The number of nitrogens with zero attached hydrogens (tertiary/aromatic N) is 1. The highest BCUT2D eigenvalue weighted by Gasteiger charge is 2.31. The van der Waals surface area contributed by atoms with Crippen molar-refractivity contribution in [3.8, 4) is 0 Å². The van der Waals surface area contributed by atoms with Gasteiger partial charge in [0, 0.05) is 24.7 Å². The Bertz CT molecular complexity index is 881. The molecule has 1 heterocycles. The lowest BCUT2D eigenvalue weighted by Crippen LogP contribution is -3.10. The van der Waals surface area contributed by atoms with E-state index >= 15 is 0 Å². The summed E-state index contributed by atoms with van der Waals surface area (Å²) < 4.78 is 40.1. The maximum atomic E-state index is 13.0. The predicted molar refractivity (Wildman–Crippen MR) is 96.3 cm³/mol. The first-order chi connectivity index (χ1) is 12.4. The molecule has 3 rings (SSSR count). The summed E-state index contributed by atoms with van der Waals surface area (Å²) in [5.74, 6) is -0.488. The molecule has 1 fully saturated rings. The van der Waals surface area contributed by atoms with Crippen LogP contribution in [0, 0.1) is 5.82 Å². The van der Waals surface area contributed by atoms with E-state index in [9.17, 15) is 17.6 Å². The molecule has 2 aromatic rings. The highest BCUT2D eigenvalue weighted by Crippen LogP contribution is 2.19. The fraction of sp³-hybridized carbons (Fsp3) is 0.278. The number of benzene rings is 2. The van der Waals surface area contributed by atoms with Crippen LogP contribution in [0.5, 0.6) is 0 Å². The van der Waals surface area contributed by atoms with Crippen molar-refractivity contribution in [2.45, 2.75) is 11.8 Å². The van der Waals surface area contributed by atoms with Crippen LogP contribution in [0.3, 0.4) is 0 Å². The molecule has 1 aliphatic rings. The Hall–Kier alpha value is -2.00. The Morgan fingerprint density at radius 3 is 2.11 bits per heavy atom. The number of carbonyl (C=O) groups is 1. The van der Waals surface area contributed by atoms with Gasteiger partial charge in [-0.2, -0.15) is 4.31 Å². The number of piperazine rings is 1. The number of amides is 1. The van der Waals surface area contributed by atoms with E-state index in [-0.39, 0.29) is 29.0 Å². The fourth-order valence-corrected chi connectivity index (χ4v) is 4.47. The Kier molecular flexibility index (Phi) is 6.94. The molecule has 0 spiro atoms. The smallest absolute Gasteiger partial charge is 0.243 e. The Morgan fingerprint density at radius 2 is 1.59 bits per heavy atom. The summed E-state index contributed by atoms with van der Waals surface area (Å²) in [4.78, 5) is 12.4. The summed E-state index contributed by atoms with van der Waals surface area (Å²) in [6.07, 6.45) is 0. The first kappa shape index (κ1) is 21.3. The van der Waals surface area contributed by atoms with Gasteiger partial charge >= 0.3 is 0 Å². The summed E-state index contributed by atoms with van der Waals surface area (Å²) >= 11 is 0. The first-order valence-corrected chi connectivity index (χ1v) is 9.79. The molecule has 27 heavy (non-hydrogen) atoms. The number of carbonyl (C=O) groups excluding carboxylic acids is 1. The third-order valence-electron chi connectivity index (χ3n) is 4.39. The molecule has 2 N–H and O–H groups in total. The number of halogens is 2. The van der Waals surface area contributed by atoms with E-state index in [0.29, 0.717) is 31.9 Å². The summed E-state index contributed by atoms with van der Waals surface area (Å²) in [5, 5.41) is 2.61. The minimum absolute atomic E-state index is 0. The van der Waals surface area contributed by atoms with Crippen LogP contribution in [0.4, 0.5) is 15.8 Å². The minimum atomic E-state index is -3.57. The van der Waals surface area contributed by atoms with E-state index in [0.717, 1.165) is 10.6 Å². The maximum absolute atomic E-state index is 13.0. The highest BCUT2D eigenvalue weighted by atomic mass is 35.5. The molecule has 0 radical (unpaired) electrons. The molecule has 6 nitrogen and oxygen atoms in total. The second-order valence-corrected chi connectivity index (χ2v) is 8.16. The number of quaternary nitrogens is 1. The zero-order valence-electron chi connectivity index (χ0n) is 14.8. The Balaban J connectivity index is 0.00000261. The van der Waals surface area contributed by atoms with Gasteiger partial charge in [0.15, 0.2) is 0 Å². The maximum Gasteiger partial charge on any atom is 0.243 e. The first-order valence-electron chi connectivity index (χ1n) is 8.35. The molecule has 0 unspecified atom stereocenters. The SMILES string of the molecule is CC(=O)Nc1ccc(S(=O)(=O)N2CC[NH+](c3ccc(F)cc3)CC2)cc1.[Cl-]. The normalized spacial score (nSPS) is 15.8. The molecule has 9 heteroatoms. The largest absolute Gasteiger partial charge is 1.00 e. The second-order valence-electron chi connectivity index (χ2n) is 6.22. The summed E-state index contributed by atoms with van der Waals surface area (Å²) in [6, 6.07) is 12.5. The number of hydrogen-bond donors (Lipinski definition) is 2. The average Bonchev–Trinajstić information content (AvgIpc) is 2.62. The molecular formula is C18H21ClFN3O3S. The average molecular weight is 414 g/mol. The molecule has 0 saturated carbocycles. The van der Waals surface area contributed by atoms with Crippen molar-refractivity contribution in [3.63, 3.8) is 0 Å².